The minimum Gasteiger partial charge on any atom is -0.496 e. The summed E-state index contributed by atoms with van der Waals surface area (Å²) in [4.78, 5) is 0. The zero-order valence-electron chi connectivity index (χ0n) is 14.6. The van der Waals surface area contributed by atoms with Gasteiger partial charge in [0.25, 0.3) is 0 Å². The highest BCUT2D eigenvalue weighted by Crippen LogP contribution is 2.36. The molecule has 130 valence electrons. The Morgan fingerprint density at radius 2 is 1.42 bits per heavy atom. The first-order valence-electron chi connectivity index (χ1n) is 7.85. The van der Waals surface area contributed by atoms with Crippen molar-refractivity contribution in [3.05, 3.63) is 54.1 Å². The van der Waals surface area contributed by atoms with E-state index in [0.717, 1.165) is 11.3 Å². The molecule has 0 heterocycles. The first-order valence-corrected chi connectivity index (χ1v) is 7.85. The van der Waals surface area contributed by atoms with Crippen LogP contribution >= 0.6 is 0 Å². The average molecular weight is 331 g/mol. The number of rotatable bonds is 9. The van der Waals surface area contributed by atoms with Gasteiger partial charge in [0, 0.05) is 19.2 Å². The molecule has 0 amide bonds. The summed E-state index contributed by atoms with van der Waals surface area (Å²) in [5, 5.41) is 3.14. The Morgan fingerprint density at radius 3 is 2.00 bits per heavy atom. The minimum absolute atomic E-state index is 0.198. The van der Waals surface area contributed by atoms with Crippen LogP contribution in [0.2, 0.25) is 0 Å². The quantitative estimate of drug-likeness (QED) is 0.765. The number of para-hydroxylation sites is 3. The molecule has 2 unspecified atom stereocenters. The molecule has 5 heteroatoms. The molecule has 0 aromatic heterocycles. The summed E-state index contributed by atoms with van der Waals surface area (Å²) in [6, 6.07) is 15.4. The monoisotopic (exact) mass is 331 g/mol. The van der Waals surface area contributed by atoms with E-state index in [1.807, 2.05) is 55.6 Å². The molecule has 0 saturated heterocycles. The standard InChI is InChI=1S/C19H25NO4/c1-20-13-18(23-4)19(14-9-5-6-10-15(14)21-2)24-17-12-8-7-11-16(17)22-3/h5-12,18-20H,13H2,1-4H3. The maximum atomic E-state index is 6.30. The van der Waals surface area contributed by atoms with Gasteiger partial charge in [-0.15, -0.1) is 0 Å². The third kappa shape index (κ3) is 4.19. The molecule has 0 bridgehead atoms. The second-order valence-electron chi connectivity index (χ2n) is 5.26. The summed E-state index contributed by atoms with van der Waals surface area (Å²) in [5.41, 5.74) is 0.924. The van der Waals surface area contributed by atoms with Gasteiger partial charge in [-0.2, -0.15) is 0 Å². The first kappa shape index (κ1) is 18.1. The number of nitrogens with one attached hydrogen (secondary N) is 1. The smallest absolute Gasteiger partial charge is 0.162 e. The lowest BCUT2D eigenvalue weighted by Gasteiger charge is -2.28. The third-order valence-electron chi connectivity index (χ3n) is 3.81. The summed E-state index contributed by atoms with van der Waals surface area (Å²) in [7, 11) is 6.84. The lowest BCUT2D eigenvalue weighted by atomic mass is 10.0. The lowest BCUT2D eigenvalue weighted by molar-refractivity contribution is 0.000593. The van der Waals surface area contributed by atoms with Crippen molar-refractivity contribution in [2.75, 3.05) is 34.9 Å². The van der Waals surface area contributed by atoms with Crippen LogP contribution in [0.3, 0.4) is 0 Å². The van der Waals surface area contributed by atoms with Gasteiger partial charge < -0.3 is 24.3 Å². The average Bonchev–Trinajstić information content (AvgIpc) is 2.64. The van der Waals surface area contributed by atoms with Crippen LogP contribution in [0.4, 0.5) is 0 Å². The Balaban J connectivity index is 2.42. The van der Waals surface area contributed by atoms with E-state index in [9.17, 15) is 0 Å². The van der Waals surface area contributed by atoms with Crippen LogP contribution in [-0.4, -0.2) is 41.0 Å². The van der Waals surface area contributed by atoms with Gasteiger partial charge in [-0.05, 0) is 25.2 Å². The highest BCUT2D eigenvalue weighted by Gasteiger charge is 2.28. The zero-order valence-corrected chi connectivity index (χ0v) is 14.6. The van der Waals surface area contributed by atoms with Crippen molar-refractivity contribution in [3.63, 3.8) is 0 Å². The number of hydrogen-bond acceptors (Lipinski definition) is 5. The SMILES string of the molecule is CNCC(OC)C(Oc1ccccc1OC)c1ccccc1OC. The number of likely N-dealkylation sites (N-methyl/N-ethyl adjacent to an activating group) is 1. The molecule has 0 aliphatic carbocycles. The molecule has 0 aliphatic heterocycles. The fourth-order valence-corrected chi connectivity index (χ4v) is 2.61. The van der Waals surface area contributed by atoms with E-state index in [0.29, 0.717) is 18.0 Å². The molecule has 2 aromatic rings. The van der Waals surface area contributed by atoms with Gasteiger partial charge in [-0.25, -0.2) is 0 Å². The van der Waals surface area contributed by atoms with E-state index in [-0.39, 0.29) is 12.2 Å². The van der Waals surface area contributed by atoms with Crippen molar-refractivity contribution in [2.45, 2.75) is 12.2 Å². The highest BCUT2D eigenvalue weighted by atomic mass is 16.6. The van der Waals surface area contributed by atoms with Crippen LogP contribution < -0.4 is 19.5 Å². The summed E-state index contributed by atoms with van der Waals surface area (Å²) in [6.07, 6.45) is -0.550. The van der Waals surface area contributed by atoms with Gasteiger partial charge in [-0.1, -0.05) is 30.3 Å². The maximum Gasteiger partial charge on any atom is 0.162 e. The van der Waals surface area contributed by atoms with Gasteiger partial charge in [0.1, 0.15) is 11.9 Å². The predicted molar refractivity (Wildman–Crippen MR) is 94.1 cm³/mol. The molecule has 0 aliphatic rings. The Labute approximate surface area is 143 Å². The molecule has 0 spiro atoms. The number of methoxy groups -OCH3 is 3. The highest BCUT2D eigenvalue weighted by molar-refractivity contribution is 5.42. The fraction of sp³-hybridized carbons (Fsp3) is 0.368. The topological polar surface area (TPSA) is 49.0 Å². The first-order chi connectivity index (χ1) is 11.7. The van der Waals surface area contributed by atoms with Gasteiger partial charge in [0.2, 0.25) is 0 Å². The van der Waals surface area contributed by atoms with Gasteiger partial charge in [-0.3, -0.25) is 0 Å². The zero-order chi connectivity index (χ0) is 17.4. The summed E-state index contributed by atoms with van der Waals surface area (Å²) in [5.74, 6) is 2.10. The fourth-order valence-electron chi connectivity index (χ4n) is 2.61. The van der Waals surface area contributed by atoms with E-state index in [2.05, 4.69) is 5.32 Å². The molecule has 2 aromatic carbocycles. The second-order valence-corrected chi connectivity index (χ2v) is 5.26. The van der Waals surface area contributed by atoms with Gasteiger partial charge in [0.05, 0.1) is 14.2 Å². The van der Waals surface area contributed by atoms with Crippen molar-refractivity contribution < 1.29 is 18.9 Å². The van der Waals surface area contributed by atoms with Crippen LogP contribution in [0, 0.1) is 0 Å². The van der Waals surface area contributed by atoms with Crippen LogP contribution in [0.15, 0.2) is 48.5 Å². The Morgan fingerprint density at radius 1 is 0.833 bits per heavy atom. The van der Waals surface area contributed by atoms with Gasteiger partial charge >= 0.3 is 0 Å². The van der Waals surface area contributed by atoms with Crippen LogP contribution in [0.1, 0.15) is 11.7 Å². The molecule has 0 saturated carbocycles. The van der Waals surface area contributed by atoms with Crippen molar-refractivity contribution in [1.29, 1.82) is 0 Å². The number of benzene rings is 2. The van der Waals surface area contributed by atoms with Crippen LogP contribution in [0.25, 0.3) is 0 Å². The largest absolute Gasteiger partial charge is 0.496 e. The Hall–Kier alpha value is -2.24. The molecule has 1 N–H and O–H groups in total. The van der Waals surface area contributed by atoms with E-state index in [1.54, 1.807) is 21.3 Å². The van der Waals surface area contributed by atoms with E-state index >= 15 is 0 Å². The predicted octanol–water partition coefficient (Wildman–Crippen LogP) is 3.06. The molecule has 2 rings (SSSR count). The summed E-state index contributed by atoms with van der Waals surface area (Å²) < 4.78 is 22.9. The molecule has 0 radical (unpaired) electrons. The molecular weight excluding hydrogens is 306 g/mol. The third-order valence-corrected chi connectivity index (χ3v) is 3.81. The molecule has 24 heavy (non-hydrogen) atoms. The number of ether oxygens (including phenoxy) is 4. The lowest BCUT2D eigenvalue weighted by Crippen LogP contribution is -2.34. The van der Waals surface area contributed by atoms with E-state index < -0.39 is 0 Å². The number of hydrogen-bond donors (Lipinski definition) is 1. The van der Waals surface area contributed by atoms with Crippen molar-refractivity contribution in [2.24, 2.45) is 0 Å². The van der Waals surface area contributed by atoms with Gasteiger partial charge in [0.15, 0.2) is 17.6 Å². The van der Waals surface area contributed by atoms with Crippen molar-refractivity contribution in [3.8, 4) is 17.2 Å². The molecule has 0 fully saturated rings. The Bertz CT molecular complexity index is 632. The molecular formula is C19H25NO4. The minimum atomic E-state index is -0.352. The maximum absolute atomic E-state index is 6.30. The van der Waals surface area contributed by atoms with Crippen molar-refractivity contribution in [1.82, 2.24) is 5.32 Å². The van der Waals surface area contributed by atoms with Crippen LogP contribution in [0.5, 0.6) is 17.2 Å². The molecule has 5 nitrogen and oxygen atoms in total. The van der Waals surface area contributed by atoms with Crippen LogP contribution in [-0.2, 0) is 4.74 Å². The van der Waals surface area contributed by atoms with Crippen molar-refractivity contribution >= 4 is 0 Å². The second kappa shape index (κ2) is 9.15. The Kier molecular flexibility index (Phi) is 6.90. The summed E-state index contributed by atoms with van der Waals surface area (Å²) >= 11 is 0. The van der Waals surface area contributed by atoms with E-state index in [1.165, 1.54) is 0 Å². The summed E-state index contributed by atoms with van der Waals surface area (Å²) in [6.45, 7) is 0.633. The molecule has 2 atom stereocenters. The van der Waals surface area contributed by atoms with E-state index in [4.69, 9.17) is 18.9 Å². The normalized spacial score (nSPS) is 13.2.